The number of aromatic nitrogens is 2. The summed E-state index contributed by atoms with van der Waals surface area (Å²) < 4.78 is 0. The quantitative estimate of drug-likeness (QED) is 0.381. The van der Waals surface area contributed by atoms with Gasteiger partial charge in [-0.15, -0.1) is 0 Å². The SMILES string of the molecule is NNc1nc(Cl)nc2c1CC=N2. The Morgan fingerprint density at radius 1 is 1.50 bits per heavy atom. The third-order valence-corrected chi connectivity index (χ3v) is 1.77. The van der Waals surface area contributed by atoms with Crippen molar-refractivity contribution in [3.8, 4) is 0 Å². The molecule has 0 saturated carbocycles. The molecule has 0 radical (unpaired) electrons. The highest BCUT2D eigenvalue weighted by atomic mass is 35.5. The van der Waals surface area contributed by atoms with Gasteiger partial charge in [0, 0.05) is 18.2 Å². The lowest BCUT2D eigenvalue weighted by atomic mass is 10.2. The van der Waals surface area contributed by atoms with Crippen LogP contribution in [-0.2, 0) is 6.42 Å². The van der Waals surface area contributed by atoms with Crippen molar-refractivity contribution < 1.29 is 0 Å². The number of hydrogen-bond acceptors (Lipinski definition) is 5. The minimum atomic E-state index is 0.153. The highest BCUT2D eigenvalue weighted by molar-refractivity contribution is 6.28. The average Bonchev–Trinajstić information content (AvgIpc) is 2.50. The Kier molecular flexibility index (Phi) is 1.67. The van der Waals surface area contributed by atoms with Crippen LogP contribution in [0.4, 0.5) is 11.6 Å². The number of nitrogens with two attached hydrogens (primary N) is 1. The van der Waals surface area contributed by atoms with Crippen LogP contribution < -0.4 is 11.3 Å². The maximum atomic E-state index is 5.62. The van der Waals surface area contributed by atoms with Crippen molar-refractivity contribution in [2.75, 3.05) is 5.43 Å². The van der Waals surface area contributed by atoms with Gasteiger partial charge in [0.05, 0.1) is 0 Å². The molecule has 0 unspecified atom stereocenters. The van der Waals surface area contributed by atoms with Crippen LogP contribution in [-0.4, -0.2) is 16.2 Å². The van der Waals surface area contributed by atoms with Gasteiger partial charge in [0.1, 0.15) is 0 Å². The van der Waals surface area contributed by atoms with Crippen LogP contribution >= 0.6 is 11.6 Å². The van der Waals surface area contributed by atoms with Gasteiger partial charge in [0.2, 0.25) is 5.28 Å². The largest absolute Gasteiger partial charge is 0.308 e. The molecule has 6 heteroatoms. The number of nitrogen functional groups attached to an aromatic ring is 1. The molecule has 12 heavy (non-hydrogen) atoms. The number of hydrazine groups is 1. The highest BCUT2D eigenvalue weighted by Gasteiger charge is 2.14. The van der Waals surface area contributed by atoms with Gasteiger partial charge in [-0.3, -0.25) is 0 Å². The number of aliphatic imine (C=N–C) groups is 1. The van der Waals surface area contributed by atoms with Gasteiger partial charge >= 0.3 is 0 Å². The van der Waals surface area contributed by atoms with E-state index in [0.717, 1.165) is 5.56 Å². The predicted octanol–water partition coefficient (Wildman–Crippen LogP) is 0.674. The number of nitrogens with zero attached hydrogens (tertiary/aromatic N) is 3. The Labute approximate surface area is 73.7 Å². The van der Waals surface area contributed by atoms with Crippen molar-refractivity contribution in [1.82, 2.24) is 9.97 Å². The maximum Gasteiger partial charge on any atom is 0.226 e. The smallest absolute Gasteiger partial charge is 0.226 e. The van der Waals surface area contributed by atoms with Gasteiger partial charge in [-0.2, -0.15) is 9.97 Å². The second kappa shape index (κ2) is 2.69. The molecule has 0 atom stereocenters. The Morgan fingerprint density at radius 3 is 3.08 bits per heavy atom. The van der Waals surface area contributed by atoms with Crippen molar-refractivity contribution in [2.24, 2.45) is 10.8 Å². The molecular weight excluding hydrogens is 178 g/mol. The third kappa shape index (κ3) is 1.03. The summed E-state index contributed by atoms with van der Waals surface area (Å²) in [6.45, 7) is 0. The first-order valence-corrected chi connectivity index (χ1v) is 3.74. The molecule has 3 N–H and O–H groups in total. The normalized spacial score (nSPS) is 13.2. The zero-order valence-electron chi connectivity index (χ0n) is 6.08. The Hall–Kier alpha value is -1.20. The lowest BCUT2D eigenvalue weighted by Gasteiger charge is -2.04. The van der Waals surface area contributed by atoms with Crippen LogP contribution in [0.25, 0.3) is 0 Å². The standard InChI is InChI=1S/C6H6ClN5/c7-6-10-4-3(1-2-9-4)5(11-6)12-8/h2H,1,8H2,(H,10,11,12). The average molecular weight is 184 g/mol. The summed E-state index contributed by atoms with van der Waals surface area (Å²) in [5.41, 5.74) is 3.34. The lowest BCUT2D eigenvalue weighted by Crippen LogP contribution is -2.11. The van der Waals surface area contributed by atoms with E-state index in [1.54, 1.807) is 6.21 Å². The van der Waals surface area contributed by atoms with E-state index in [1.165, 1.54) is 0 Å². The van der Waals surface area contributed by atoms with Crippen LogP contribution in [0.2, 0.25) is 5.28 Å². The first-order chi connectivity index (χ1) is 5.81. The fourth-order valence-electron chi connectivity index (χ4n) is 1.08. The van der Waals surface area contributed by atoms with Crippen molar-refractivity contribution in [2.45, 2.75) is 6.42 Å². The molecule has 0 aliphatic carbocycles. The van der Waals surface area contributed by atoms with Crippen molar-refractivity contribution in [1.29, 1.82) is 0 Å². The number of fused-ring (bicyclic) bond motifs is 1. The minimum Gasteiger partial charge on any atom is -0.308 e. The van der Waals surface area contributed by atoms with Crippen LogP contribution in [0.5, 0.6) is 0 Å². The van der Waals surface area contributed by atoms with Crippen LogP contribution in [0.1, 0.15) is 5.56 Å². The van der Waals surface area contributed by atoms with Gasteiger partial charge in [-0.05, 0) is 11.6 Å². The number of nitrogens with one attached hydrogen (secondary N) is 1. The predicted molar refractivity (Wildman–Crippen MR) is 46.7 cm³/mol. The topological polar surface area (TPSA) is 76.2 Å². The van der Waals surface area contributed by atoms with E-state index in [9.17, 15) is 0 Å². The lowest BCUT2D eigenvalue weighted by molar-refractivity contribution is 1.10. The van der Waals surface area contributed by atoms with Gasteiger partial charge in [-0.25, -0.2) is 10.8 Å². The second-order valence-electron chi connectivity index (χ2n) is 2.30. The molecule has 0 amide bonds. The molecule has 2 heterocycles. The summed E-state index contributed by atoms with van der Waals surface area (Å²) in [6, 6.07) is 0. The number of rotatable bonds is 1. The Bertz CT molecular complexity index is 348. The van der Waals surface area contributed by atoms with Crippen LogP contribution in [0, 0.1) is 0 Å². The molecule has 2 rings (SSSR count). The van der Waals surface area contributed by atoms with E-state index in [-0.39, 0.29) is 5.28 Å². The molecule has 0 aromatic carbocycles. The molecule has 0 fully saturated rings. The zero-order chi connectivity index (χ0) is 8.55. The summed E-state index contributed by atoms with van der Waals surface area (Å²) in [6.07, 6.45) is 2.45. The molecule has 0 spiro atoms. The number of hydrogen-bond donors (Lipinski definition) is 2. The van der Waals surface area contributed by atoms with E-state index in [1.807, 2.05) is 0 Å². The molecule has 0 saturated heterocycles. The molecule has 5 nitrogen and oxygen atoms in total. The van der Waals surface area contributed by atoms with Gasteiger partial charge < -0.3 is 5.43 Å². The minimum absolute atomic E-state index is 0.153. The first kappa shape index (κ1) is 7.45. The van der Waals surface area contributed by atoms with Crippen molar-refractivity contribution in [3.05, 3.63) is 10.8 Å². The van der Waals surface area contributed by atoms with Crippen molar-refractivity contribution in [3.63, 3.8) is 0 Å². The van der Waals surface area contributed by atoms with Crippen LogP contribution in [0.15, 0.2) is 4.99 Å². The summed E-state index contributed by atoms with van der Waals surface area (Å²) in [5, 5.41) is 0.153. The first-order valence-electron chi connectivity index (χ1n) is 3.37. The van der Waals surface area contributed by atoms with Gasteiger partial charge in [0.25, 0.3) is 0 Å². The Morgan fingerprint density at radius 2 is 2.33 bits per heavy atom. The summed E-state index contributed by atoms with van der Waals surface area (Å²) in [4.78, 5) is 11.8. The van der Waals surface area contributed by atoms with E-state index in [2.05, 4.69) is 20.4 Å². The molecule has 1 aromatic heterocycles. The van der Waals surface area contributed by atoms with E-state index in [0.29, 0.717) is 18.1 Å². The monoisotopic (exact) mass is 183 g/mol. The van der Waals surface area contributed by atoms with Crippen LogP contribution in [0.3, 0.4) is 0 Å². The van der Waals surface area contributed by atoms with E-state index < -0.39 is 0 Å². The van der Waals surface area contributed by atoms with Gasteiger partial charge in [0.15, 0.2) is 11.6 Å². The highest BCUT2D eigenvalue weighted by Crippen LogP contribution is 2.27. The maximum absolute atomic E-state index is 5.62. The fraction of sp³-hybridized carbons (Fsp3) is 0.167. The molecule has 1 aliphatic rings. The van der Waals surface area contributed by atoms with Crippen molar-refractivity contribution >= 4 is 29.5 Å². The number of anilines is 1. The Balaban J connectivity index is 2.59. The zero-order valence-corrected chi connectivity index (χ0v) is 6.84. The molecule has 62 valence electrons. The number of halogens is 1. The summed E-state index contributed by atoms with van der Waals surface area (Å²) in [5.74, 6) is 6.38. The van der Waals surface area contributed by atoms with E-state index >= 15 is 0 Å². The third-order valence-electron chi connectivity index (χ3n) is 1.60. The fourth-order valence-corrected chi connectivity index (χ4v) is 1.25. The molecular formula is C6H6ClN5. The molecule has 1 aliphatic heterocycles. The summed E-state index contributed by atoms with van der Waals surface area (Å²) >= 11 is 5.62. The molecule has 1 aromatic rings. The van der Waals surface area contributed by atoms with E-state index in [4.69, 9.17) is 17.4 Å². The second-order valence-corrected chi connectivity index (χ2v) is 2.64. The van der Waals surface area contributed by atoms with Gasteiger partial charge in [-0.1, -0.05) is 0 Å². The molecule has 0 bridgehead atoms. The summed E-state index contributed by atoms with van der Waals surface area (Å²) in [7, 11) is 0.